The van der Waals surface area contributed by atoms with E-state index in [9.17, 15) is 0 Å². The largest absolute Gasteiger partial charge is 0.379 e. The van der Waals surface area contributed by atoms with Crippen molar-refractivity contribution in [1.82, 2.24) is 15.5 Å². The maximum absolute atomic E-state index is 5.53. The molecule has 7 heteroatoms. The molecule has 5 nitrogen and oxygen atoms in total. The van der Waals surface area contributed by atoms with Crippen molar-refractivity contribution in [3.05, 3.63) is 0 Å². The molecule has 2 saturated heterocycles. The zero-order valence-corrected chi connectivity index (χ0v) is 17.3. The topological polar surface area (TPSA) is 48.9 Å². The van der Waals surface area contributed by atoms with Gasteiger partial charge in [0.25, 0.3) is 0 Å². The van der Waals surface area contributed by atoms with E-state index in [1.807, 2.05) is 0 Å². The number of halogens is 1. The smallest absolute Gasteiger partial charge is 0.191 e. The van der Waals surface area contributed by atoms with Crippen LogP contribution in [0.3, 0.4) is 0 Å². The number of thioether (sulfide) groups is 1. The van der Waals surface area contributed by atoms with Gasteiger partial charge in [-0.05, 0) is 37.9 Å². The highest BCUT2D eigenvalue weighted by Gasteiger charge is 2.40. The van der Waals surface area contributed by atoms with E-state index in [1.54, 1.807) is 0 Å². The number of hydrogen-bond donors (Lipinski definition) is 2. The lowest BCUT2D eigenvalue weighted by Crippen LogP contribution is -2.56. The molecule has 2 aliphatic heterocycles. The SMILES string of the molecule is CCNC(=NCC1(N2CCOCC2)CCSC1)NCC1CC1.I. The van der Waals surface area contributed by atoms with Crippen molar-refractivity contribution in [2.45, 2.75) is 31.7 Å². The Balaban J connectivity index is 0.00000192. The zero-order valence-electron chi connectivity index (χ0n) is 14.2. The van der Waals surface area contributed by atoms with Gasteiger partial charge in [0.15, 0.2) is 5.96 Å². The summed E-state index contributed by atoms with van der Waals surface area (Å²) >= 11 is 2.08. The van der Waals surface area contributed by atoms with Crippen molar-refractivity contribution < 1.29 is 4.74 Å². The van der Waals surface area contributed by atoms with E-state index in [1.165, 1.54) is 30.8 Å². The Hall–Kier alpha value is 0.270. The van der Waals surface area contributed by atoms with Crippen LogP contribution >= 0.6 is 35.7 Å². The molecule has 0 spiro atoms. The van der Waals surface area contributed by atoms with Crippen LogP contribution in [-0.2, 0) is 4.74 Å². The summed E-state index contributed by atoms with van der Waals surface area (Å²) in [7, 11) is 0. The Morgan fingerprint density at radius 3 is 2.70 bits per heavy atom. The van der Waals surface area contributed by atoms with E-state index in [0.29, 0.717) is 0 Å². The van der Waals surface area contributed by atoms with Gasteiger partial charge in [0.05, 0.1) is 25.3 Å². The van der Waals surface area contributed by atoms with Crippen LogP contribution in [0, 0.1) is 5.92 Å². The highest BCUT2D eigenvalue weighted by Crippen LogP contribution is 2.34. The molecule has 0 amide bonds. The Morgan fingerprint density at radius 2 is 2.09 bits per heavy atom. The van der Waals surface area contributed by atoms with Crippen LogP contribution in [0.25, 0.3) is 0 Å². The van der Waals surface area contributed by atoms with Gasteiger partial charge in [0, 0.05) is 31.9 Å². The van der Waals surface area contributed by atoms with Crippen molar-refractivity contribution in [3.63, 3.8) is 0 Å². The van der Waals surface area contributed by atoms with Gasteiger partial charge in [-0.1, -0.05) is 0 Å². The molecule has 23 heavy (non-hydrogen) atoms. The van der Waals surface area contributed by atoms with Crippen LogP contribution in [0.15, 0.2) is 4.99 Å². The molecule has 1 aliphatic carbocycles. The summed E-state index contributed by atoms with van der Waals surface area (Å²) in [6.07, 6.45) is 4.00. The van der Waals surface area contributed by atoms with Gasteiger partial charge < -0.3 is 15.4 Å². The Bertz CT molecular complexity index is 380. The lowest BCUT2D eigenvalue weighted by molar-refractivity contribution is -0.0104. The lowest BCUT2D eigenvalue weighted by Gasteiger charge is -2.42. The Labute approximate surface area is 161 Å². The van der Waals surface area contributed by atoms with Gasteiger partial charge in [-0.3, -0.25) is 9.89 Å². The van der Waals surface area contributed by atoms with E-state index < -0.39 is 0 Å². The summed E-state index contributed by atoms with van der Waals surface area (Å²) in [6.45, 7) is 8.90. The number of nitrogens with zero attached hydrogens (tertiary/aromatic N) is 2. The minimum Gasteiger partial charge on any atom is -0.379 e. The van der Waals surface area contributed by atoms with Crippen molar-refractivity contribution in [2.75, 3.05) is 57.4 Å². The predicted molar refractivity (Wildman–Crippen MR) is 109 cm³/mol. The van der Waals surface area contributed by atoms with Crippen molar-refractivity contribution in [3.8, 4) is 0 Å². The number of nitrogens with one attached hydrogen (secondary N) is 2. The molecule has 3 rings (SSSR count). The predicted octanol–water partition coefficient (Wildman–Crippen LogP) is 1.78. The first-order chi connectivity index (χ1) is 10.8. The molecule has 0 aromatic heterocycles. The number of aliphatic imine (C=N–C) groups is 1. The number of ether oxygens (including phenoxy) is 1. The highest BCUT2D eigenvalue weighted by atomic mass is 127. The monoisotopic (exact) mass is 454 g/mol. The molecule has 1 saturated carbocycles. The maximum atomic E-state index is 5.53. The molecule has 3 fully saturated rings. The van der Waals surface area contributed by atoms with E-state index >= 15 is 0 Å². The van der Waals surface area contributed by atoms with Crippen LogP contribution < -0.4 is 10.6 Å². The molecular formula is C16H31IN4OS. The third-order valence-electron chi connectivity index (χ3n) is 4.90. The number of rotatable bonds is 6. The second-order valence-corrected chi connectivity index (χ2v) is 7.75. The summed E-state index contributed by atoms with van der Waals surface area (Å²) in [5.74, 6) is 4.34. The van der Waals surface area contributed by atoms with E-state index in [2.05, 4.69) is 34.2 Å². The molecule has 1 unspecified atom stereocenters. The highest BCUT2D eigenvalue weighted by molar-refractivity contribution is 14.0. The lowest BCUT2D eigenvalue weighted by atomic mass is 9.96. The standard InChI is InChI=1S/C16H30N4OS.HI/c1-2-17-15(18-11-14-3-4-14)19-12-16(5-10-22-13-16)20-6-8-21-9-7-20;/h14H,2-13H2,1H3,(H2,17,18,19);1H. The molecule has 2 N–H and O–H groups in total. The summed E-state index contributed by atoms with van der Waals surface area (Å²) in [4.78, 5) is 7.57. The van der Waals surface area contributed by atoms with Gasteiger partial charge in [0.1, 0.15) is 0 Å². The van der Waals surface area contributed by atoms with Crippen molar-refractivity contribution in [1.29, 1.82) is 0 Å². The van der Waals surface area contributed by atoms with Crippen molar-refractivity contribution in [2.24, 2.45) is 10.9 Å². The minimum atomic E-state index is 0. The third kappa shape index (κ3) is 5.64. The van der Waals surface area contributed by atoms with Gasteiger partial charge in [-0.2, -0.15) is 11.8 Å². The number of morpholine rings is 1. The summed E-state index contributed by atoms with van der Waals surface area (Å²) in [5.41, 5.74) is 0.246. The van der Waals surface area contributed by atoms with Crippen molar-refractivity contribution >= 4 is 41.7 Å². The van der Waals surface area contributed by atoms with Crippen LogP contribution in [0.5, 0.6) is 0 Å². The first-order valence-electron chi connectivity index (χ1n) is 8.75. The van der Waals surface area contributed by atoms with E-state index in [4.69, 9.17) is 9.73 Å². The van der Waals surface area contributed by atoms with Gasteiger partial charge in [-0.25, -0.2) is 0 Å². The van der Waals surface area contributed by atoms with Crippen LogP contribution in [-0.4, -0.2) is 73.8 Å². The third-order valence-corrected chi connectivity index (χ3v) is 6.13. The van der Waals surface area contributed by atoms with Gasteiger partial charge in [0.2, 0.25) is 0 Å². The molecule has 0 aromatic carbocycles. The number of hydrogen-bond acceptors (Lipinski definition) is 4. The average molecular weight is 454 g/mol. The fourth-order valence-corrected chi connectivity index (χ4v) is 4.71. The van der Waals surface area contributed by atoms with E-state index in [-0.39, 0.29) is 29.5 Å². The number of guanidine groups is 1. The summed E-state index contributed by atoms with van der Waals surface area (Å²) < 4.78 is 5.53. The average Bonchev–Trinajstić information content (AvgIpc) is 3.27. The second kappa shape index (κ2) is 9.68. The molecule has 3 aliphatic rings. The quantitative estimate of drug-likeness (QED) is 0.364. The fraction of sp³-hybridized carbons (Fsp3) is 0.938. The van der Waals surface area contributed by atoms with Crippen LogP contribution in [0.2, 0.25) is 0 Å². The van der Waals surface area contributed by atoms with E-state index in [0.717, 1.165) is 57.8 Å². The van der Waals surface area contributed by atoms with Crippen LogP contribution in [0.1, 0.15) is 26.2 Å². The molecular weight excluding hydrogens is 423 g/mol. The Kier molecular flexibility index (Phi) is 8.24. The molecule has 1 atom stereocenters. The first-order valence-corrected chi connectivity index (χ1v) is 9.90. The zero-order chi connectivity index (χ0) is 15.3. The minimum absolute atomic E-state index is 0. The first kappa shape index (κ1) is 19.6. The summed E-state index contributed by atoms with van der Waals surface area (Å²) in [5, 5.41) is 6.91. The summed E-state index contributed by atoms with van der Waals surface area (Å²) in [6, 6.07) is 0. The van der Waals surface area contributed by atoms with Crippen LogP contribution in [0.4, 0.5) is 0 Å². The molecule has 0 bridgehead atoms. The Morgan fingerprint density at radius 1 is 1.30 bits per heavy atom. The van der Waals surface area contributed by atoms with Gasteiger partial charge in [-0.15, -0.1) is 24.0 Å². The molecule has 134 valence electrons. The second-order valence-electron chi connectivity index (χ2n) is 6.65. The normalized spacial score (nSPS) is 29.2. The molecule has 0 radical (unpaired) electrons. The molecule has 0 aromatic rings. The fourth-order valence-electron chi connectivity index (χ4n) is 3.24. The van der Waals surface area contributed by atoms with Gasteiger partial charge >= 0.3 is 0 Å². The maximum Gasteiger partial charge on any atom is 0.191 e. The molecule has 2 heterocycles.